The van der Waals surface area contributed by atoms with Gasteiger partial charge in [0, 0.05) is 5.75 Å². The van der Waals surface area contributed by atoms with Gasteiger partial charge in [-0.15, -0.1) is 0 Å². The number of phenolic OH excluding ortho intramolecular Hbond substituents is 1. The molecule has 2 aromatic carbocycles. The fourth-order valence-corrected chi connectivity index (χ4v) is 7.05. The van der Waals surface area contributed by atoms with Crippen molar-refractivity contribution in [3.63, 3.8) is 0 Å². The Morgan fingerprint density at radius 3 is 2.61 bits per heavy atom. The van der Waals surface area contributed by atoms with Gasteiger partial charge in [-0.3, -0.25) is 0 Å². The predicted molar refractivity (Wildman–Crippen MR) is 129 cm³/mol. The number of hydrogen-bond acceptors (Lipinski definition) is 8. The molecule has 0 spiro atoms. The van der Waals surface area contributed by atoms with Crippen LogP contribution in [0, 0.1) is 6.92 Å². The molecule has 1 fully saturated rings. The standard InChI is InChI=1S/C24H26N2O5S2/c1-4-31-23(28)21-16(3)25-24-26(22(21)17-6-5-7-19(27)12-17)18(13-32-24)14-33(29,30)20-10-8-15(2)9-11-20/h5-12,18,22,27H,4,13-14H2,1-3H3. The lowest BCUT2D eigenvalue weighted by atomic mass is 9.93. The van der Waals surface area contributed by atoms with E-state index < -0.39 is 27.9 Å². The molecule has 0 saturated carbocycles. The third-order valence-electron chi connectivity index (χ3n) is 5.70. The summed E-state index contributed by atoms with van der Waals surface area (Å²) in [4.78, 5) is 19.7. The van der Waals surface area contributed by atoms with Crippen molar-refractivity contribution >= 4 is 32.7 Å². The molecule has 7 nitrogen and oxygen atoms in total. The lowest BCUT2D eigenvalue weighted by Crippen LogP contribution is -2.45. The highest BCUT2D eigenvalue weighted by Gasteiger charge is 2.45. The molecule has 0 amide bonds. The third kappa shape index (κ3) is 4.65. The molecule has 1 saturated heterocycles. The molecule has 2 atom stereocenters. The van der Waals surface area contributed by atoms with Gasteiger partial charge in [0.15, 0.2) is 15.0 Å². The molecule has 0 aromatic heterocycles. The number of carbonyl (C=O) groups is 1. The molecule has 2 aliphatic rings. The Kier molecular flexibility index (Phi) is 6.54. The zero-order chi connectivity index (χ0) is 23.8. The number of fused-ring (bicyclic) bond motifs is 1. The van der Waals surface area contributed by atoms with E-state index in [1.54, 1.807) is 56.3 Å². The predicted octanol–water partition coefficient (Wildman–Crippen LogP) is 3.84. The van der Waals surface area contributed by atoms with Gasteiger partial charge < -0.3 is 14.7 Å². The van der Waals surface area contributed by atoms with Crippen molar-refractivity contribution in [1.29, 1.82) is 0 Å². The molecule has 33 heavy (non-hydrogen) atoms. The van der Waals surface area contributed by atoms with E-state index in [1.807, 2.05) is 17.9 Å². The van der Waals surface area contributed by atoms with E-state index in [1.165, 1.54) is 11.8 Å². The first-order valence-corrected chi connectivity index (χ1v) is 13.3. The number of ether oxygens (including phenoxy) is 1. The monoisotopic (exact) mass is 486 g/mol. The highest BCUT2D eigenvalue weighted by atomic mass is 32.2. The maximum Gasteiger partial charge on any atom is 0.338 e. The van der Waals surface area contributed by atoms with Crippen LogP contribution in [-0.4, -0.2) is 53.7 Å². The number of phenols is 1. The molecule has 0 radical (unpaired) electrons. The lowest BCUT2D eigenvalue weighted by Gasteiger charge is -2.38. The molecular formula is C24H26N2O5S2. The summed E-state index contributed by atoms with van der Waals surface area (Å²) < 4.78 is 31.8. The van der Waals surface area contributed by atoms with Crippen molar-refractivity contribution in [2.75, 3.05) is 18.1 Å². The van der Waals surface area contributed by atoms with Crippen molar-refractivity contribution in [1.82, 2.24) is 4.90 Å². The average molecular weight is 487 g/mol. The van der Waals surface area contributed by atoms with Crippen molar-refractivity contribution in [3.05, 3.63) is 70.9 Å². The average Bonchev–Trinajstić information content (AvgIpc) is 3.14. The van der Waals surface area contributed by atoms with Crippen LogP contribution in [-0.2, 0) is 19.4 Å². The Morgan fingerprint density at radius 2 is 1.94 bits per heavy atom. The summed E-state index contributed by atoms with van der Waals surface area (Å²) in [6.45, 7) is 5.60. The maximum atomic E-state index is 13.2. The minimum Gasteiger partial charge on any atom is -0.508 e. The number of aryl methyl sites for hydroxylation is 1. The zero-order valence-corrected chi connectivity index (χ0v) is 20.3. The second kappa shape index (κ2) is 9.23. The summed E-state index contributed by atoms with van der Waals surface area (Å²) in [7, 11) is -3.58. The Balaban J connectivity index is 1.76. The van der Waals surface area contributed by atoms with Gasteiger partial charge in [0.2, 0.25) is 0 Å². The number of sulfone groups is 1. The summed E-state index contributed by atoms with van der Waals surface area (Å²) in [6.07, 6.45) is 0. The fraction of sp³-hybridized carbons (Fsp3) is 0.333. The van der Waals surface area contributed by atoms with Gasteiger partial charge in [0.1, 0.15) is 5.75 Å². The van der Waals surface area contributed by atoms with E-state index in [0.29, 0.717) is 27.8 Å². The van der Waals surface area contributed by atoms with Crippen LogP contribution in [0.2, 0.25) is 0 Å². The molecule has 0 aliphatic carbocycles. The van der Waals surface area contributed by atoms with E-state index in [0.717, 1.165) is 5.56 Å². The van der Waals surface area contributed by atoms with Gasteiger partial charge >= 0.3 is 5.97 Å². The van der Waals surface area contributed by atoms with Crippen LogP contribution >= 0.6 is 11.8 Å². The molecule has 2 heterocycles. The van der Waals surface area contributed by atoms with Gasteiger partial charge in [0.25, 0.3) is 0 Å². The van der Waals surface area contributed by atoms with E-state index in [9.17, 15) is 18.3 Å². The van der Waals surface area contributed by atoms with Crippen LogP contribution in [0.1, 0.15) is 31.0 Å². The molecule has 9 heteroatoms. The molecule has 4 rings (SSSR count). The van der Waals surface area contributed by atoms with Crippen LogP contribution < -0.4 is 0 Å². The van der Waals surface area contributed by atoms with E-state index in [-0.39, 0.29) is 23.0 Å². The van der Waals surface area contributed by atoms with Crippen molar-refractivity contribution in [2.45, 2.75) is 37.8 Å². The number of hydrogen-bond donors (Lipinski definition) is 1. The van der Waals surface area contributed by atoms with Crippen LogP contribution in [0.15, 0.2) is 69.7 Å². The van der Waals surface area contributed by atoms with E-state index in [2.05, 4.69) is 4.99 Å². The normalized spacial score (nSPS) is 20.5. The number of esters is 1. The number of aliphatic imine (C=N–C) groups is 1. The molecule has 1 N–H and O–H groups in total. The van der Waals surface area contributed by atoms with Crippen molar-refractivity contribution < 1.29 is 23.1 Å². The van der Waals surface area contributed by atoms with Crippen LogP contribution in [0.25, 0.3) is 0 Å². The Labute approximate surface area is 198 Å². The van der Waals surface area contributed by atoms with Gasteiger partial charge in [0.05, 0.1) is 40.6 Å². The summed E-state index contributed by atoms with van der Waals surface area (Å²) in [6, 6.07) is 12.5. The fourth-order valence-electron chi connectivity index (χ4n) is 4.15. The number of aromatic hydroxyl groups is 1. The van der Waals surface area contributed by atoms with Crippen LogP contribution in [0.4, 0.5) is 0 Å². The lowest BCUT2D eigenvalue weighted by molar-refractivity contribution is -0.139. The Hall–Kier alpha value is -2.78. The van der Waals surface area contributed by atoms with Crippen molar-refractivity contribution in [3.8, 4) is 5.75 Å². The Morgan fingerprint density at radius 1 is 1.21 bits per heavy atom. The molecule has 2 unspecified atom stereocenters. The second-order valence-electron chi connectivity index (χ2n) is 8.08. The van der Waals surface area contributed by atoms with Gasteiger partial charge in [-0.2, -0.15) is 0 Å². The van der Waals surface area contributed by atoms with Crippen LogP contribution in [0.3, 0.4) is 0 Å². The first-order valence-electron chi connectivity index (χ1n) is 10.7. The summed E-state index contributed by atoms with van der Waals surface area (Å²) >= 11 is 1.47. The number of thioether (sulfide) groups is 1. The minimum absolute atomic E-state index is 0.0631. The molecule has 0 bridgehead atoms. The molecule has 2 aliphatic heterocycles. The number of rotatable bonds is 6. The second-order valence-corrected chi connectivity index (χ2v) is 11.1. The topological polar surface area (TPSA) is 96.3 Å². The summed E-state index contributed by atoms with van der Waals surface area (Å²) in [5, 5.41) is 10.8. The summed E-state index contributed by atoms with van der Waals surface area (Å²) in [5.74, 6) is -0.0360. The number of nitrogens with zero attached hydrogens (tertiary/aromatic N) is 2. The molecule has 174 valence electrons. The number of carbonyl (C=O) groups excluding carboxylic acids is 1. The van der Waals surface area contributed by atoms with E-state index in [4.69, 9.17) is 4.74 Å². The van der Waals surface area contributed by atoms with Crippen LogP contribution in [0.5, 0.6) is 5.75 Å². The smallest absolute Gasteiger partial charge is 0.338 e. The highest BCUT2D eigenvalue weighted by molar-refractivity contribution is 8.14. The SMILES string of the molecule is CCOC(=O)C1=C(C)N=C2SCC(CS(=O)(=O)c3ccc(C)cc3)N2C1c1cccc(O)c1. The zero-order valence-electron chi connectivity index (χ0n) is 18.7. The number of benzene rings is 2. The van der Waals surface area contributed by atoms with Gasteiger partial charge in [-0.25, -0.2) is 18.2 Å². The summed E-state index contributed by atoms with van der Waals surface area (Å²) in [5.41, 5.74) is 2.54. The van der Waals surface area contributed by atoms with E-state index >= 15 is 0 Å². The number of amidine groups is 1. The maximum absolute atomic E-state index is 13.2. The minimum atomic E-state index is -3.58. The quantitative estimate of drug-likeness (QED) is 0.620. The molecular weight excluding hydrogens is 460 g/mol. The largest absolute Gasteiger partial charge is 0.508 e. The first kappa shape index (κ1) is 23.4. The van der Waals surface area contributed by atoms with Gasteiger partial charge in [-0.05, 0) is 50.6 Å². The molecule has 2 aromatic rings. The van der Waals surface area contributed by atoms with Gasteiger partial charge in [-0.1, -0.05) is 41.6 Å². The Bertz CT molecular complexity index is 1240. The highest BCUT2D eigenvalue weighted by Crippen LogP contribution is 2.44. The van der Waals surface area contributed by atoms with Crippen molar-refractivity contribution in [2.24, 2.45) is 4.99 Å². The third-order valence-corrected chi connectivity index (χ3v) is 8.62. The first-order chi connectivity index (χ1) is 15.7. The number of allylic oxidation sites excluding steroid dienone is 1.